The number of anilines is 1. The first-order valence-electron chi connectivity index (χ1n) is 8.73. The van der Waals surface area contributed by atoms with Gasteiger partial charge in [-0.05, 0) is 59.3 Å². The molecule has 0 aliphatic heterocycles. The van der Waals surface area contributed by atoms with E-state index in [-0.39, 0.29) is 6.42 Å². The fourth-order valence-corrected chi connectivity index (χ4v) is 3.24. The highest BCUT2D eigenvalue weighted by molar-refractivity contribution is 14.1. The summed E-state index contributed by atoms with van der Waals surface area (Å²) in [7, 11) is 3.11. The van der Waals surface area contributed by atoms with Crippen LogP contribution in [-0.2, 0) is 9.59 Å². The summed E-state index contributed by atoms with van der Waals surface area (Å²) in [5.41, 5.74) is 3.61. The Morgan fingerprint density at radius 2 is 1.93 bits per heavy atom. The van der Waals surface area contributed by atoms with Crippen molar-refractivity contribution < 1.29 is 23.8 Å². The van der Waals surface area contributed by atoms with Gasteiger partial charge in [-0.1, -0.05) is 6.07 Å². The summed E-state index contributed by atoms with van der Waals surface area (Å²) in [6.07, 6.45) is 1.11. The first-order chi connectivity index (χ1) is 14.0. The summed E-state index contributed by atoms with van der Waals surface area (Å²) in [5.74, 6) is 0.853. The van der Waals surface area contributed by atoms with E-state index in [0.29, 0.717) is 29.5 Å². The average molecular weight is 511 g/mol. The van der Waals surface area contributed by atoms with E-state index >= 15 is 0 Å². The lowest BCUT2D eigenvalue weighted by molar-refractivity contribution is -0.126. The average Bonchev–Trinajstić information content (AvgIpc) is 2.68. The smallest absolute Gasteiger partial charge is 0.249 e. The minimum atomic E-state index is -0.533. The Kier molecular flexibility index (Phi) is 8.71. The summed E-state index contributed by atoms with van der Waals surface area (Å²) >= 11 is 2.13. The summed E-state index contributed by atoms with van der Waals surface area (Å²) in [6.45, 7) is 2.37. The van der Waals surface area contributed by atoms with E-state index in [1.807, 2.05) is 13.0 Å². The van der Waals surface area contributed by atoms with Crippen LogP contribution in [0.15, 0.2) is 41.5 Å². The molecule has 0 radical (unpaired) electrons. The number of carbonyl (C=O) groups is 2. The van der Waals surface area contributed by atoms with Crippen LogP contribution in [0.4, 0.5) is 5.69 Å². The van der Waals surface area contributed by atoms with E-state index in [0.717, 1.165) is 9.13 Å². The molecule has 0 aliphatic rings. The second kappa shape index (κ2) is 11.2. The number of nitrogens with zero attached hydrogens (tertiary/aromatic N) is 1. The Balaban J connectivity index is 1.92. The summed E-state index contributed by atoms with van der Waals surface area (Å²) in [6, 6.07) is 10.5. The minimum Gasteiger partial charge on any atom is -0.497 e. The molecular weight excluding hydrogens is 489 g/mol. The molecule has 2 N–H and O–H groups in total. The first kappa shape index (κ1) is 22.5. The molecule has 2 rings (SSSR count). The molecule has 0 aliphatic carbocycles. The van der Waals surface area contributed by atoms with Gasteiger partial charge in [-0.25, -0.2) is 5.43 Å². The molecule has 29 heavy (non-hydrogen) atoms. The van der Waals surface area contributed by atoms with Gasteiger partial charge in [-0.15, -0.1) is 0 Å². The van der Waals surface area contributed by atoms with E-state index in [2.05, 4.69) is 38.4 Å². The molecule has 0 bridgehead atoms. The topological polar surface area (TPSA) is 98.2 Å². The van der Waals surface area contributed by atoms with Gasteiger partial charge in [-0.2, -0.15) is 5.10 Å². The SMILES string of the molecule is CCOc1cc(C=NNC(=O)CC(=O)Nc2cccc(OC)c2)cc(I)c1OC. The largest absolute Gasteiger partial charge is 0.497 e. The molecule has 8 nitrogen and oxygen atoms in total. The fourth-order valence-electron chi connectivity index (χ4n) is 2.39. The van der Waals surface area contributed by atoms with Gasteiger partial charge in [0.05, 0.1) is 30.6 Å². The van der Waals surface area contributed by atoms with Gasteiger partial charge in [0, 0.05) is 11.8 Å². The number of methoxy groups -OCH3 is 2. The number of amides is 2. The predicted octanol–water partition coefficient (Wildman–Crippen LogP) is 3.19. The minimum absolute atomic E-state index is 0.362. The third kappa shape index (κ3) is 6.93. The van der Waals surface area contributed by atoms with Gasteiger partial charge in [-0.3, -0.25) is 9.59 Å². The van der Waals surface area contributed by atoms with Crippen LogP contribution in [-0.4, -0.2) is 38.9 Å². The second-order valence-corrected chi connectivity index (χ2v) is 6.88. The van der Waals surface area contributed by atoms with Crippen LogP contribution in [0.1, 0.15) is 18.9 Å². The molecule has 2 amide bonds. The number of carbonyl (C=O) groups excluding carboxylic acids is 2. The molecule has 0 spiro atoms. The quantitative estimate of drug-likeness (QED) is 0.233. The number of hydrazone groups is 1. The van der Waals surface area contributed by atoms with E-state index in [1.165, 1.54) is 13.3 Å². The Hall–Kier alpha value is -2.82. The van der Waals surface area contributed by atoms with E-state index in [4.69, 9.17) is 14.2 Å². The van der Waals surface area contributed by atoms with E-state index in [9.17, 15) is 9.59 Å². The number of rotatable bonds is 9. The van der Waals surface area contributed by atoms with Crippen LogP contribution in [0.3, 0.4) is 0 Å². The summed E-state index contributed by atoms with van der Waals surface area (Å²) in [5, 5.41) is 6.54. The van der Waals surface area contributed by atoms with Crippen LogP contribution in [0.25, 0.3) is 0 Å². The van der Waals surface area contributed by atoms with Crippen molar-refractivity contribution >= 4 is 46.3 Å². The molecule has 154 valence electrons. The Bertz CT molecular complexity index is 902. The highest BCUT2D eigenvalue weighted by atomic mass is 127. The number of benzene rings is 2. The fraction of sp³-hybridized carbons (Fsp3) is 0.250. The number of ether oxygens (including phenoxy) is 3. The van der Waals surface area contributed by atoms with Crippen LogP contribution in [0.2, 0.25) is 0 Å². The first-order valence-corrected chi connectivity index (χ1v) is 9.80. The number of hydrogen-bond donors (Lipinski definition) is 2. The molecule has 2 aromatic carbocycles. The lowest BCUT2D eigenvalue weighted by atomic mass is 10.2. The molecule has 0 saturated carbocycles. The van der Waals surface area contributed by atoms with Crippen molar-refractivity contribution in [2.24, 2.45) is 5.10 Å². The van der Waals surface area contributed by atoms with Crippen molar-refractivity contribution in [3.63, 3.8) is 0 Å². The maximum absolute atomic E-state index is 12.0. The maximum atomic E-state index is 12.0. The normalized spacial score (nSPS) is 10.5. The zero-order valence-electron chi connectivity index (χ0n) is 16.3. The van der Waals surface area contributed by atoms with Crippen molar-refractivity contribution in [1.29, 1.82) is 0 Å². The van der Waals surface area contributed by atoms with Gasteiger partial charge in [0.15, 0.2) is 11.5 Å². The van der Waals surface area contributed by atoms with Crippen molar-refractivity contribution in [2.45, 2.75) is 13.3 Å². The lowest BCUT2D eigenvalue weighted by Gasteiger charge is -2.11. The van der Waals surface area contributed by atoms with Gasteiger partial charge in [0.2, 0.25) is 11.8 Å². The van der Waals surface area contributed by atoms with Crippen molar-refractivity contribution in [2.75, 3.05) is 26.1 Å². The predicted molar refractivity (Wildman–Crippen MR) is 119 cm³/mol. The maximum Gasteiger partial charge on any atom is 0.249 e. The molecule has 0 unspecified atom stereocenters. The van der Waals surface area contributed by atoms with Crippen molar-refractivity contribution in [3.8, 4) is 17.2 Å². The molecule has 0 saturated heterocycles. The van der Waals surface area contributed by atoms with E-state index in [1.54, 1.807) is 37.4 Å². The summed E-state index contributed by atoms with van der Waals surface area (Å²) in [4.78, 5) is 23.9. The van der Waals surface area contributed by atoms with Gasteiger partial charge >= 0.3 is 0 Å². The number of halogens is 1. The third-order valence-corrected chi connectivity index (χ3v) is 4.41. The summed E-state index contributed by atoms with van der Waals surface area (Å²) < 4.78 is 16.8. The highest BCUT2D eigenvalue weighted by Gasteiger charge is 2.11. The molecule has 2 aromatic rings. The molecule has 0 heterocycles. The molecule has 9 heteroatoms. The van der Waals surface area contributed by atoms with Gasteiger partial charge in [0.1, 0.15) is 12.2 Å². The van der Waals surface area contributed by atoms with Crippen LogP contribution >= 0.6 is 22.6 Å². The molecule has 0 fully saturated rings. The molecular formula is C20H22IN3O5. The number of nitrogens with one attached hydrogen (secondary N) is 2. The Morgan fingerprint density at radius 1 is 1.14 bits per heavy atom. The second-order valence-electron chi connectivity index (χ2n) is 5.72. The number of hydrogen-bond acceptors (Lipinski definition) is 6. The van der Waals surface area contributed by atoms with Crippen LogP contribution in [0, 0.1) is 3.57 Å². The zero-order valence-corrected chi connectivity index (χ0v) is 18.5. The lowest BCUT2D eigenvalue weighted by Crippen LogP contribution is -2.24. The molecule has 0 aromatic heterocycles. The highest BCUT2D eigenvalue weighted by Crippen LogP contribution is 2.33. The Labute approximate surface area is 182 Å². The van der Waals surface area contributed by atoms with Crippen LogP contribution < -0.4 is 25.0 Å². The third-order valence-electron chi connectivity index (χ3n) is 3.61. The van der Waals surface area contributed by atoms with Gasteiger partial charge < -0.3 is 19.5 Å². The standard InChI is InChI=1S/C20H22IN3O5/c1-4-29-17-9-13(8-16(21)20(17)28-3)12-22-24-19(26)11-18(25)23-14-6-5-7-15(10-14)27-2/h5-10,12H,4,11H2,1-3H3,(H,23,25)(H,24,26). The van der Waals surface area contributed by atoms with E-state index < -0.39 is 11.8 Å². The van der Waals surface area contributed by atoms with Gasteiger partial charge in [0.25, 0.3) is 0 Å². The van der Waals surface area contributed by atoms with Crippen molar-refractivity contribution in [3.05, 3.63) is 45.5 Å². The Morgan fingerprint density at radius 3 is 2.62 bits per heavy atom. The monoisotopic (exact) mass is 511 g/mol. The zero-order chi connectivity index (χ0) is 21.2. The van der Waals surface area contributed by atoms with Crippen LogP contribution in [0.5, 0.6) is 17.2 Å². The molecule has 0 atom stereocenters. The van der Waals surface area contributed by atoms with Crippen molar-refractivity contribution in [1.82, 2.24) is 5.43 Å².